The summed E-state index contributed by atoms with van der Waals surface area (Å²) in [4.78, 5) is 0. The van der Waals surface area contributed by atoms with Gasteiger partial charge in [-0.1, -0.05) is 0 Å². The van der Waals surface area contributed by atoms with Crippen LogP contribution in [0.1, 0.15) is 6.92 Å². The Kier molecular flexibility index (Phi) is 49.1. The molecule has 0 radical (unpaired) electrons. The fourth-order valence-corrected chi connectivity index (χ4v) is 0. The second-order valence-corrected chi connectivity index (χ2v) is 0.569. The largest absolute Gasteiger partial charge is 2.00 e. The predicted octanol–water partition coefficient (Wildman–Crippen LogP) is 1.47. The van der Waals surface area contributed by atoms with Crippen molar-refractivity contribution in [3.8, 4) is 0 Å². The van der Waals surface area contributed by atoms with Gasteiger partial charge in [0.1, 0.15) is 0 Å². The number of rotatable bonds is 0. The van der Waals surface area contributed by atoms with E-state index >= 15 is 0 Å². The van der Waals surface area contributed by atoms with E-state index in [2.05, 4.69) is 6.92 Å². The van der Waals surface area contributed by atoms with Crippen LogP contribution < -0.4 is 0 Å². The molecular formula is C5H10Mg. The predicted molar refractivity (Wildman–Crippen MR) is 32.3 cm³/mol. The molecule has 0 saturated heterocycles. The van der Waals surface area contributed by atoms with Crippen LogP contribution in [-0.2, 0) is 0 Å². The van der Waals surface area contributed by atoms with E-state index in [0.29, 0.717) is 0 Å². The quantitative estimate of drug-likeness (QED) is 0.315. The minimum atomic E-state index is 0. The summed E-state index contributed by atoms with van der Waals surface area (Å²) in [6.45, 7) is 5.36. The standard InChI is InChI=1S/C4H7.CH3.Mg/c1-3-4-2;;/h3-4H,1H2,2H3;1H3;/q2*-1;+2/b4-3+;;. The van der Waals surface area contributed by atoms with Gasteiger partial charge < -0.3 is 7.43 Å². The normalized spacial score (nSPS) is 6.17. The average Bonchev–Trinajstić information content (AvgIpc) is 1.37. The first-order chi connectivity index (χ1) is 1.91. The van der Waals surface area contributed by atoms with E-state index in [9.17, 15) is 0 Å². The van der Waals surface area contributed by atoms with Crippen molar-refractivity contribution in [3.05, 3.63) is 26.5 Å². The Labute approximate surface area is 56.8 Å². The molecule has 0 atom stereocenters. The zero-order chi connectivity index (χ0) is 3.41. The summed E-state index contributed by atoms with van der Waals surface area (Å²) in [5, 5.41) is 0. The molecule has 32 valence electrons. The average molecular weight is 94.4 g/mol. The Balaban J connectivity index is -0.0000000450. The van der Waals surface area contributed by atoms with Crippen LogP contribution in [-0.4, -0.2) is 23.1 Å². The molecule has 0 aromatic carbocycles. The topological polar surface area (TPSA) is 0 Å². The van der Waals surface area contributed by atoms with Gasteiger partial charge in [0.25, 0.3) is 0 Å². The van der Waals surface area contributed by atoms with Crippen LogP contribution in [0.4, 0.5) is 0 Å². The molecule has 6 heavy (non-hydrogen) atoms. The number of allylic oxidation sites excluding steroid dienone is 2. The van der Waals surface area contributed by atoms with E-state index in [1.807, 2.05) is 13.0 Å². The zero-order valence-corrected chi connectivity index (χ0v) is 5.98. The first-order valence-electron chi connectivity index (χ1n) is 1.32. The molecule has 0 N–H and O–H groups in total. The van der Waals surface area contributed by atoms with E-state index < -0.39 is 0 Å². The van der Waals surface area contributed by atoms with Gasteiger partial charge in [0.2, 0.25) is 0 Å². The van der Waals surface area contributed by atoms with Crippen molar-refractivity contribution in [1.82, 2.24) is 0 Å². The van der Waals surface area contributed by atoms with Crippen LogP contribution >= 0.6 is 0 Å². The van der Waals surface area contributed by atoms with Crippen molar-refractivity contribution < 1.29 is 0 Å². The molecule has 0 nitrogen and oxygen atoms in total. The molecule has 0 rings (SSSR count). The van der Waals surface area contributed by atoms with Gasteiger partial charge in [0.15, 0.2) is 0 Å². The van der Waals surface area contributed by atoms with Gasteiger partial charge in [0, 0.05) is 0 Å². The molecule has 1 heteroatoms. The SMILES string of the molecule is [CH2-]/C=C/C.[CH3-].[Mg+2]. The third-order valence-corrected chi connectivity index (χ3v) is 0.236. The third-order valence-electron chi connectivity index (χ3n) is 0.236. The molecule has 0 aromatic heterocycles. The van der Waals surface area contributed by atoms with E-state index in [0.717, 1.165) is 0 Å². The molecule has 0 bridgehead atoms. The van der Waals surface area contributed by atoms with Crippen LogP contribution in [0.3, 0.4) is 0 Å². The zero-order valence-electron chi connectivity index (χ0n) is 4.57. The van der Waals surface area contributed by atoms with Gasteiger partial charge in [0.05, 0.1) is 0 Å². The fourth-order valence-electron chi connectivity index (χ4n) is 0. The Morgan fingerprint density at radius 1 is 1.50 bits per heavy atom. The van der Waals surface area contributed by atoms with E-state index in [1.165, 1.54) is 0 Å². The number of hydrogen-bond donors (Lipinski definition) is 0. The van der Waals surface area contributed by atoms with Gasteiger partial charge in [-0.3, -0.25) is 0 Å². The van der Waals surface area contributed by atoms with Crippen molar-refractivity contribution in [3.63, 3.8) is 0 Å². The fraction of sp³-hybridized carbons (Fsp3) is 0.200. The molecule has 0 saturated carbocycles. The second-order valence-electron chi connectivity index (χ2n) is 0.569. The molecule has 0 aliphatic heterocycles. The smallest absolute Gasteiger partial charge is 0.358 e. The second kappa shape index (κ2) is 18.2. The summed E-state index contributed by atoms with van der Waals surface area (Å²) in [6.07, 6.45) is 3.64. The number of hydrogen-bond acceptors (Lipinski definition) is 0. The maximum absolute atomic E-state index is 3.42. The van der Waals surface area contributed by atoms with Crippen molar-refractivity contribution in [1.29, 1.82) is 0 Å². The summed E-state index contributed by atoms with van der Waals surface area (Å²) in [7, 11) is 0. The maximum Gasteiger partial charge on any atom is 2.00 e. The third kappa shape index (κ3) is 26.3. The van der Waals surface area contributed by atoms with Crippen LogP contribution in [0.15, 0.2) is 12.2 Å². The van der Waals surface area contributed by atoms with Gasteiger partial charge in [-0.15, -0.1) is 6.92 Å². The van der Waals surface area contributed by atoms with Crippen molar-refractivity contribution in [2.75, 3.05) is 0 Å². The molecule has 0 spiro atoms. The molecule has 0 aromatic rings. The minimum absolute atomic E-state index is 0. The Hall–Kier alpha value is 0.376. The molecule has 0 heterocycles. The molecule has 0 fully saturated rings. The van der Waals surface area contributed by atoms with Gasteiger partial charge in [-0.05, 0) is 0 Å². The summed E-state index contributed by atoms with van der Waals surface area (Å²) >= 11 is 0. The van der Waals surface area contributed by atoms with Crippen molar-refractivity contribution in [2.45, 2.75) is 6.92 Å². The summed E-state index contributed by atoms with van der Waals surface area (Å²) < 4.78 is 0. The molecular weight excluding hydrogens is 84.4 g/mol. The monoisotopic (exact) mass is 94.1 g/mol. The van der Waals surface area contributed by atoms with Crippen LogP contribution in [0.5, 0.6) is 0 Å². The van der Waals surface area contributed by atoms with Gasteiger partial charge in [-0.2, -0.15) is 0 Å². The van der Waals surface area contributed by atoms with Crippen molar-refractivity contribution >= 4 is 23.1 Å². The Morgan fingerprint density at radius 3 is 1.67 bits per heavy atom. The molecule has 0 amide bonds. The molecule has 0 aliphatic rings. The molecule has 0 unspecified atom stereocenters. The summed E-state index contributed by atoms with van der Waals surface area (Å²) in [5.41, 5.74) is 0. The first-order valence-corrected chi connectivity index (χ1v) is 1.32. The Morgan fingerprint density at radius 2 is 1.67 bits per heavy atom. The van der Waals surface area contributed by atoms with E-state index in [-0.39, 0.29) is 30.5 Å². The van der Waals surface area contributed by atoms with Gasteiger partial charge >= 0.3 is 23.1 Å². The van der Waals surface area contributed by atoms with Crippen LogP contribution in [0.25, 0.3) is 0 Å². The Bertz CT molecular complexity index is 19.1. The van der Waals surface area contributed by atoms with E-state index in [4.69, 9.17) is 0 Å². The van der Waals surface area contributed by atoms with Crippen molar-refractivity contribution in [2.24, 2.45) is 0 Å². The van der Waals surface area contributed by atoms with Crippen LogP contribution in [0.2, 0.25) is 0 Å². The summed E-state index contributed by atoms with van der Waals surface area (Å²) in [6, 6.07) is 0. The van der Waals surface area contributed by atoms with Crippen LogP contribution in [0, 0.1) is 14.4 Å². The molecule has 0 aliphatic carbocycles. The minimum Gasteiger partial charge on any atom is -0.358 e. The summed E-state index contributed by atoms with van der Waals surface area (Å²) in [5.74, 6) is 0. The maximum atomic E-state index is 3.42. The van der Waals surface area contributed by atoms with Gasteiger partial charge in [-0.25, -0.2) is 19.1 Å². The first kappa shape index (κ1) is 16.2. The van der Waals surface area contributed by atoms with E-state index in [1.54, 1.807) is 6.08 Å².